The van der Waals surface area contributed by atoms with Gasteiger partial charge < -0.3 is 19.5 Å². The van der Waals surface area contributed by atoms with Gasteiger partial charge >= 0.3 is 6.03 Å². The van der Waals surface area contributed by atoms with Crippen molar-refractivity contribution in [2.75, 3.05) is 19.7 Å². The summed E-state index contributed by atoms with van der Waals surface area (Å²) in [6, 6.07) is 9.09. The van der Waals surface area contributed by atoms with E-state index in [1.165, 1.54) is 0 Å². The molecule has 2 amide bonds. The molecule has 0 spiro atoms. The second-order valence-corrected chi connectivity index (χ2v) is 10.1. The third kappa shape index (κ3) is 5.27. The number of sulfone groups is 1. The Hall–Kier alpha value is -2.39. The van der Waals surface area contributed by atoms with Crippen LogP contribution in [0.15, 0.2) is 41.7 Å². The van der Waals surface area contributed by atoms with E-state index in [-0.39, 0.29) is 29.1 Å². The molecule has 1 aliphatic heterocycles. The summed E-state index contributed by atoms with van der Waals surface area (Å²) in [6.07, 6.45) is 5.39. The van der Waals surface area contributed by atoms with Crippen molar-refractivity contribution in [3.63, 3.8) is 0 Å². The zero-order chi connectivity index (χ0) is 21.8. The fourth-order valence-electron chi connectivity index (χ4n) is 4.02. The predicted molar refractivity (Wildman–Crippen MR) is 116 cm³/mol. The number of rotatable bonds is 9. The maximum absolute atomic E-state index is 13.2. The van der Waals surface area contributed by atoms with Gasteiger partial charge in [0.15, 0.2) is 0 Å². The van der Waals surface area contributed by atoms with Crippen LogP contribution in [-0.4, -0.2) is 54.7 Å². The van der Waals surface area contributed by atoms with Crippen molar-refractivity contribution in [3.8, 4) is 0 Å². The molecule has 31 heavy (non-hydrogen) atoms. The van der Waals surface area contributed by atoms with Crippen LogP contribution in [0.1, 0.15) is 49.9 Å². The van der Waals surface area contributed by atoms with Crippen molar-refractivity contribution in [2.45, 2.75) is 62.2 Å². The van der Waals surface area contributed by atoms with Crippen molar-refractivity contribution < 1.29 is 17.9 Å². The first-order valence-electron chi connectivity index (χ1n) is 10.9. The molecule has 1 aromatic heterocycles. The standard InChI is InChI=1S/C22H30N4O4S/c1-2-23-21(27)25(15-20-9-6-12-30-20)14-19-13-24-22(26(19)18-10-11-18)31(28,29)16-17-7-4-3-5-8-17/h3-5,7-8,13,18,20H,2,6,9-12,14-16H2,1H3,(H,23,27). The molecule has 1 aromatic carbocycles. The molecule has 9 heteroatoms. The topological polar surface area (TPSA) is 93.5 Å². The lowest BCUT2D eigenvalue weighted by atomic mass is 10.2. The number of carbonyl (C=O) groups is 1. The number of urea groups is 1. The Morgan fingerprint density at radius 2 is 2.03 bits per heavy atom. The number of nitrogens with one attached hydrogen (secondary N) is 1. The lowest BCUT2D eigenvalue weighted by molar-refractivity contribution is 0.0789. The molecule has 1 unspecified atom stereocenters. The number of benzene rings is 1. The van der Waals surface area contributed by atoms with E-state index in [9.17, 15) is 13.2 Å². The zero-order valence-electron chi connectivity index (χ0n) is 17.9. The van der Waals surface area contributed by atoms with Crippen LogP contribution in [0, 0.1) is 0 Å². The molecule has 2 aliphatic rings. The maximum Gasteiger partial charge on any atom is 0.317 e. The van der Waals surface area contributed by atoms with Gasteiger partial charge in [0.2, 0.25) is 15.0 Å². The first-order valence-corrected chi connectivity index (χ1v) is 12.6. The minimum Gasteiger partial charge on any atom is -0.376 e. The molecule has 0 bridgehead atoms. The Bertz CT molecular complexity index is 996. The molecule has 1 atom stereocenters. The average Bonchev–Trinajstić information content (AvgIpc) is 3.27. The summed E-state index contributed by atoms with van der Waals surface area (Å²) >= 11 is 0. The molecule has 2 heterocycles. The summed E-state index contributed by atoms with van der Waals surface area (Å²) < 4.78 is 33.9. The lowest BCUT2D eigenvalue weighted by Gasteiger charge is -2.26. The molecule has 2 aromatic rings. The Kier molecular flexibility index (Phi) is 6.62. The van der Waals surface area contributed by atoms with Gasteiger partial charge in [0, 0.05) is 25.7 Å². The van der Waals surface area contributed by atoms with Gasteiger partial charge in [-0.3, -0.25) is 0 Å². The van der Waals surface area contributed by atoms with Gasteiger partial charge in [-0.1, -0.05) is 30.3 Å². The first-order chi connectivity index (χ1) is 15.0. The maximum atomic E-state index is 13.2. The second kappa shape index (κ2) is 9.40. The monoisotopic (exact) mass is 446 g/mol. The summed E-state index contributed by atoms with van der Waals surface area (Å²) in [5.74, 6) is -0.0903. The molecular formula is C22H30N4O4S. The van der Waals surface area contributed by atoms with Crippen LogP contribution in [0.2, 0.25) is 0 Å². The molecule has 1 aliphatic carbocycles. The summed E-state index contributed by atoms with van der Waals surface area (Å²) in [6.45, 7) is 3.91. The van der Waals surface area contributed by atoms with E-state index in [2.05, 4.69) is 10.3 Å². The minimum absolute atomic E-state index is 0.0150. The van der Waals surface area contributed by atoms with Crippen molar-refractivity contribution in [1.82, 2.24) is 19.8 Å². The third-order valence-electron chi connectivity index (χ3n) is 5.65. The second-order valence-electron chi connectivity index (χ2n) is 8.23. The van der Waals surface area contributed by atoms with Crippen LogP contribution >= 0.6 is 0 Å². The summed E-state index contributed by atoms with van der Waals surface area (Å²) in [7, 11) is -3.61. The molecule has 2 fully saturated rings. The number of hydrogen-bond acceptors (Lipinski definition) is 5. The highest BCUT2D eigenvalue weighted by atomic mass is 32.2. The van der Waals surface area contributed by atoms with Crippen molar-refractivity contribution in [1.29, 1.82) is 0 Å². The summed E-state index contributed by atoms with van der Waals surface area (Å²) in [5, 5.41) is 2.96. The first kappa shape index (κ1) is 21.8. The lowest BCUT2D eigenvalue weighted by Crippen LogP contribution is -2.43. The van der Waals surface area contributed by atoms with Crippen molar-refractivity contribution >= 4 is 15.9 Å². The Morgan fingerprint density at radius 3 is 2.68 bits per heavy atom. The Labute approximate surface area is 183 Å². The van der Waals surface area contributed by atoms with E-state index in [0.29, 0.717) is 19.6 Å². The molecule has 1 N–H and O–H groups in total. The van der Waals surface area contributed by atoms with Gasteiger partial charge in [0.25, 0.3) is 0 Å². The van der Waals surface area contributed by atoms with Crippen molar-refractivity contribution in [3.05, 3.63) is 47.8 Å². The fourth-order valence-corrected chi connectivity index (χ4v) is 5.56. The van der Waals surface area contributed by atoms with Gasteiger partial charge in [-0.15, -0.1) is 0 Å². The largest absolute Gasteiger partial charge is 0.376 e. The Morgan fingerprint density at radius 1 is 1.26 bits per heavy atom. The number of nitrogens with zero attached hydrogens (tertiary/aromatic N) is 3. The number of imidazole rings is 1. The highest BCUT2D eigenvalue weighted by molar-refractivity contribution is 7.90. The van der Waals surface area contributed by atoms with E-state index in [4.69, 9.17) is 4.74 Å². The van der Waals surface area contributed by atoms with Crippen LogP contribution in [0.25, 0.3) is 0 Å². The highest BCUT2D eigenvalue weighted by Crippen LogP contribution is 2.39. The summed E-state index contributed by atoms with van der Waals surface area (Å²) in [5.41, 5.74) is 1.48. The number of amides is 2. The molecule has 8 nitrogen and oxygen atoms in total. The number of ether oxygens (including phenoxy) is 1. The van der Waals surface area contributed by atoms with Crippen LogP contribution in [0.3, 0.4) is 0 Å². The van der Waals surface area contributed by atoms with E-state index < -0.39 is 9.84 Å². The van der Waals surface area contributed by atoms with E-state index in [0.717, 1.165) is 43.5 Å². The normalized spacial score (nSPS) is 18.8. The zero-order valence-corrected chi connectivity index (χ0v) is 18.7. The number of aromatic nitrogens is 2. The third-order valence-corrected chi connectivity index (χ3v) is 7.22. The molecular weight excluding hydrogens is 416 g/mol. The van der Waals surface area contributed by atoms with Gasteiger partial charge in [0.05, 0.1) is 30.3 Å². The highest BCUT2D eigenvalue weighted by Gasteiger charge is 2.34. The van der Waals surface area contributed by atoms with Crippen LogP contribution in [-0.2, 0) is 26.9 Å². The average molecular weight is 447 g/mol. The SMILES string of the molecule is CCNC(=O)N(Cc1cnc(S(=O)(=O)Cc2ccccc2)n1C1CC1)CC1CCCO1. The fraction of sp³-hybridized carbons (Fsp3) is 0.545. The molecule has 0 radical (unpaired) electrons. The number of hydrogen-bond donors (Lipinski definition) is 1. The van der Waals surface area contributed by atoms with Crippen LogP contribution < -0.4 is 5.32 Å². The number of carbonyl (C=O) groups excluding carboxylic acids is 1. The minimum atomic E-state index is -3.61. The molecule has 1 saturated heterocycles. The predicted octanol–water partition coefficient (Wildman–Crippen LogP) is 2.90. The smallest absolute Gasteiger partial charge is 0.317 e. The quantitative estimate of drug-likeness (QED) is 0.639. The molecule has 1 saturated carbocycles. The van der Waals surface area contributed by atoms with Gasteiger partial charge in [0.1, 0.15) is 0 Å². The van der Waals surface area contributed by atoms with Crippen molar-refractivity contribution in [2.24, 2.45) is 0 Å². The van der Waals surface area contributed by atoms with E-state index in [1.807, 2.05) is 29.7 Å². The van der Waals surface area contributed by atoms with E-state index in [1.54, 1.807) is 23.2 Å². The molecule has 168 valence electrons. The Balaban J connectivity index is 1.59. The molecule has 4 rings (SSSR count). The van der Waals surface area contributed by atoms with Crippen LogP contribution in [0.5, 0.6) is 0 Å². The van der Waals surface area contributed by atoms with Crippen LogP contribution in [0.4, 0.5) is 4.79 Å². The van der Waals surface area contributed by atoms with E-state index >= 15 is 0 Å². The van der Waals surface area contributed by atoms with Gasteiger partial charge in [-0.05, 0) is 38.2 Å². The van der Waals surface area contributed by atoms with Gasteiger partial charge in [-0.25, -0.2) is 18.2 Å². The summed E-state index contributed by atoms with van der Waals surface area (Å²) in [4.78, 5) is 18.7. The van der Waals surface area contributed by atoms with Gasteiger partial charge in [-0.2, -0.15) is 0 Å².